The summed E-state index contributed by atoms with van der Waals surface area (Å²) in [6, 6.07) is -1.03. The topological polar surface area (TPSA) is 97.2 Å². The zero-order valence-corrected chi connectivity index (χ0v) is 3.24. The Balaban J connectivity index is 3.46. The summed E-state index contributed by atoms with van der Waals surface area (Å²) in [5.74, 6) is 0. The molecule has 38 valence electrons. The first-order valence-corrected chi connectivity index (χ1v) is 1.30. The molecule has 0 radical (unpaired) electrons. The highest BCUT2D eigenvalue weighted by Gasteiger charge is 1.79. The Morgan fingerprint density at radius 2 is 2.14 bits per heavy atom. The van der Waals surface area contributed by atoms with Gasteiger partial charge < -0.3 is 5.73 Å². The van der Waals surface area contributed by atoms with Crippen molar-refractivity contribution in [2.45, 2.75) is 0 Å². The summed E-state index contributed by atoms with van der Waals surface area (Å²) in [5.41, 5.74) is 4.38. The molecular weight excluding hydrogens is 100 g/mol. The molecule has 0 saturated heterocycles. The number of nitrogens with two attached hydrogens (primary N) is 1. The number of nitrogens with zero attached hydrogens (tertiary/aromatic N) is 3. The minimum Gasteiger partial charge on any atom is -0.348 e. The zero-order valence-electron chi connectivity index (χ0n) is 3.24. The molecule has 0 aromatic rings. The summed E-state index contributed by atoms with van der Waals surface area (Å²) in [6.07, 6.45) is 0. The molecule has 0 fully saturated rings. The molecule has 7 heavy (non-hydrogen) atoms. The molecular formula is CH2N4O2. The Labute approximate surface area is 38.4 Å². The minimum absolute atomic E-state index is 1.03. The van der Waals surface area contributed by atoms with Gasteiger partial charge in [0, 0.05) is 5.22 Å². The first kappa shape index (κ1) is 5.67. The van der Waals surface area contributed by atoms with Crippen LogP contribution >= 0.6 is 0 Å². The van der Waals surface area contributed by atoms with Crippen LogP contribution in [0.5, 0.6) is 0 Å². The number of carbonyl (C=O) groups excluding carboxylic acids is 1. The highest BCUT2D eigenvalue weighted by atomic mass is 16.3. The lowest BCUT2D eigenvalue weighted by Gasteiger charge is -1.67. The van der Waals surface area contributed by atoms with Gasteiger partial charge in [-0.25, -0.2) is 4.79 Å². The molecule has 2 N–H and O–H groups in total. The van der Waals surface area contributed by atoms with Crippen LogP contribution in [0.2, 0.25) is 0 Å². The molecule has 0 atom stereocenters. The summed E-state index contributed by atoms with van der Waals surface area (Å²) < 4.78 is 0. The van der Waals surface area contributed by atoms with E-state index < -0.39 is 6.03 Å². The average Bonchev–Trinajstić information content (AvgIpc) is 1.61. The number of primary amides is 1. The molecule has 0 aliphatic rings. The number of amides is 2. The summed E-state index contributed by atoms with van der Waals surface area (Å²) in [4.78, 5) is 18.5. The molecule has 6 nitrogen and oxygen atoms in total. The fraction of sp³-hybridized carbons (Fsp3) is 0. The lowest BCUT2D eigenvalue weighted by Crippen LogP contribution is -2.01. The van der Waals surface area contributed by atoms with Gasteiger partial charge in [-0.1, -0.05) is 5.11 Å². The quantitative estimate of drug-likeness (QED) is 0.290. The van der Waals surface area contributed by atoms with Crippen molar-refractivity contribution >= 4 is 6.03 Å². The Morgan fingerprint density at radius 1 is 1.57 bits per heavy atom. The molecule has 6 heteroatoms. The van der Waals surface area contributed by atoms with E-state index in [1.807, 2.05) is 5.29 Å². The van der Waals surface area contributed by atoms with Gasteiger partial charge in [0.05, 0.1) is 0 Å². The van der Waals surface area contributed by atoms with Crippen LogP contribution < -0.4 is 5.73 Å². The average molecular weight is 102 g/mol. The highest BCUT2D eigenvalue weighted by Crippen LogP contribution is 1.71. The van der Waals surface area contributed by atoms with Crippen LogP contribution in [0.4, 0.5) is 4.79 Å². The van der Waals surface area contributed by atoms with Gasteiger partial charge in [0.25, 0.3) is 0 Å². The van der Waals surface area contributed by atoms with E-state index in [2.05, 4.69) is 16.1 Å². The lowest BCUT2D eigenvalue weighted by molar-refractivity contribution is 0.255. The van der Waals surface area contributed by atoms with Crippen molar-refractivity contribution in [1.29, 1.82) is 0 Å². The third-order valence-corrected chi connectivity index (χ3v) is 0.180. The van der Waals surface area contributed by atoms with Gasteiger partial charge in [0.1, 0.15) is 5.29 Å². The van der Waals surface area contributed by atoms with Gasteiger partial charge in [-0.05, 0) is 0 Å². The van der Waals surface area contributed by atoms with Crippen LogP contribution in [-0.4, -0.2) is 6.03 Å². The van der Waals surface area contributed by atoms with E-state index in [1.165, 1.54) is 0 Å². The summed E-state index contributed by atoms with van der Waals surface area (Å²) in [7, 11) is 0. The Kier molecular flexibility index (Phi) is 2.34. The lowest BCUT2D eigenvalue weighted by atomic mass is 11.2. The number of urea groups is 1. The molecule has 0 spiro atoms. The molecule has 0 heterocycles. The van der Waals surface area contributed by atoms with E-state index in [0.29, 0.717) is 0 Å². The van der Waals surface area contributed by atoms with Crippen molar-refractivity contribution < 1.29 is 4.79 Å². The molecule has 0 unspecified atom stereocenters. The molecule has 0 aromatic heterocycles. The van der Waals surface area contributed by atoms with Crippen LogP contribution in [0, 0.1) is 4.91 Å². The predicted molar refractivity (Wildman–Crippen MR) is 20.2 cm³/mol. The SMILES string of the molecule is NC(=O)N=NN=O. The highest BCUT2D eigenvalue weighted by molar-refractivity contribution is 5.71. The predicted octanol–water partition coefficient (Wildman–Crippen LogP) is 0.199. The second-order valence-electron chi connectivity index (χ2n) is 0.609. The van der Waals surface area contributed by atoms with E-state index in [4.69, 9.17) is 4.91 Å². The Morgan fingerprint density at radius 3 is 2.29 bits per heavy atom. The number of hydrogen-bond donors (Lipinski definition) is 1. The fourth-order valence-electron chi connectivity index (χ4n) is 0.0623. The van der Waals surface area contributed by atoms with Gasteiger partial charge in [0.2, 0.25) is 0 Å². The molecule has 0 aliphatic heterocycles. The third-order valence-electron chi connectivity index (χ3n) is 0.180. The van der Waals surface area contributed by atoms with Gasteiger partial charge in [-0.3, -0.25) is 0 Å². The number of nitroso groups, excluding NO2 is 1. The summed E-state index contributed by atoms with van der Waals surface area (Å²) in [6.45, 7) is 0. The Bertz CT molecular complexity index is 106. The van der Waals surface area contributed by atoms with Crippen molar-refractivity contribution in [2.24, 2.45) is 21.4 Å². The molecule has 0 aliphatic carbocycles. The second-order valence-corrected chi connectivity index (χ2v) is 0.609. The number of hydrogen-bond acceptors (Lipinski definition) is 2. The second kappa shape index (κ2) is 2.88. The maximum absolute atomic E-state index is 9.52. The van der Waals surface area contributed by atoms with Crippen LogP contribution in [0.1, 0.15) is 0 Å². The van der Waals surface area contributed by atoms with Gasteiger partial charge in [-0.15, -0.1) is 4.91 Å². The summed E-state index contributed by atoms with van der Waals surface area (Å²) >= 11 is 0. The van der Waals surface area contributed by atoms with Crippen LogP contribution in [-0.2, 0) is 0 Å². The van der Waals surface area contributed by atoms with E-state index in [1.54, 1.807) is 0 Å². The number of rotatable bonds is 1. The Hall–Kier alpha value is -1.33. The van der Waals surface area contributed by atoms with Gasteiger partial charge in [0.15, 0.2) is 0 Å². The van der Waals surface area contributed by atoms with Crippen molar-refractivity contribution in [3.05, 3.63) is 4.91 Å². The largest absolute Gasteiger partial charge is 0.358 e. The van der Waals surface area contributed by atoms with Crippen molar-refractivity contribution in [3.8, 4) is 0 Å². The zero-order chi connectivity index (χ0) is 5.70. The first-order valence-electron chi connectivity index (χ1n) is 1.30. The first-order chi connectivity index (χ1) is 3.27. The maximum atomic E-state index is 9.52. The summed E-state index contributed by atoms with van der Waals surface area (Å²) in [5, 5.41) is 6.80. The van der Waals surface area contributed by atoms with Crippen molar-refractivity contribution in [2.75, 3.05) is 0 Å². The fourth-order valence-corrected chi connectivity index (χ4v) is 0.0623. The number of carbonyl (C=O) groups is 1. The molecule has 0 rings (SSSR count). The van der Waals surface area contributed by atoms with Crippen LogP contribution in [0.25, 0.3) is 0 Å². The van der Waals surface area contributed by atoms with Crippen LogP contribution in [0.15, 0.2) is 15.6 Å². The van der Waals surface area contributed by atoms with Crippen molar-refractivity contribution in [3.63, 3.8) is 0 Å². The smallest absolute Gasteiger partial charge is 0.348 e. The van der Waals surface area contributed by atoms with Crippen LogP contribution in [0.3, 0.4) is 0 Å². The van der Waals surface area contributed by atoms with E-state index in [-0.39, 0.29) is 0 Å². The van der Waals surface area contributed by atoms with E-state index >= 15 is 0 Å². The van der Waals surface area contributed by atoms with E-state index in [9.17, 15) is 4.79 Å². The monoisotopic (exact) mass is 102 g/mol. The van der Waals surface area contributed by atoms with E-state index in [0.717, 1.165) is 0 Å². The van der Waals surface area contributed by atoms with Gasteiger partial charge >= 0.3 is 6.03 Å². The van der Waals surface area contributed by atoms with Crippen molar-refractivity contribution in [1.82, 2.24) is 0 Å². The normalized spacial score (nSPS) is 9.14. The molecule has 0 saturated carbocycles. The molecule has 0 bridgehead atoms. The van der Waals surface area contributed by atoms with Gasteiger partial charge in [-0.2, -0.15) is 0 Å². The standard InChI is InChI=1S/CH2N4O2/c2-1(6)3-4-5-7/h(H2,2,6). The molecule has 0 aromatic carbocycles. The molecule has 2 amide bonds. The minimum atomic E-state index is -1.03. The third kappa shape index (κ3) is 4.67. The maximum Gasteiger partial charge on any atom is 0.358 e.